The Balaban J connectivity index is 2.12. The van der Waals surface area contributed by atoms with E-state index in [1.54, 1.807) is 0 Å². The molecule has 0 bridgehead atoms. The molecule has 2 aromatic heterocycles. The van der Waals surface area contributed by atoms with Crippen LogP contribution in [0.1, 0.15) is 17.0 Å². The topological polar surface area (TPSA) is 30.7 Å². The molecule has 0 aliphatic rings. The number of alkyl halides is 1. The summed E-state index contributed by atoms with van der Waals surface area (Å²) in [4.78, 5) is 8.83. The third-order valence-corrected chi connectivity index (χ3v) is 4.29. The maximum atomic E-state index is 6.05. The van der Waals surface area contributed by atoms with Gasteiger partial charge in [-0.2, -0.15) is 0 Å². The van der Waals surface area contributed by atoms with Crippen molar-refractivity contribution < 1.29 is 0 Å². The first-order valence-electron chi connectivity index (χ1n) is 6.29. The second kappa shape index (κ2) is 5.69. The van der Waals surface area contributed by atoms with Crippen LogP contribution in [0.15, 0.2) is 36.7 Å². The molecule has 0 fully saturated rings. The van der Waals surface area contributed by atoms with Gasteiger partial charge in [-0.05, 0) is 64.9 Å². The number of nitrogens with zero attached hydrogens (tertiary/aromatic N) is 3. The standard InChI is InChI=1S/C15H13ClIN3/c1-10-4-5-18-8-11(10)9-20-14-3-2-12(17)6-13(14)19-15(20)7-16/h2-6,8H,7,9H2,1H3. The molecule has 20 heavy (non-hydrogen) atoms. The molecule has 3 aromatic rings. The lowest BCUT2D eigenvalue weighted by Crippen LogP contribution is -2.05. The predicted molar refractivity (Wildman–Crippen MR) is 90.1 cm³/mol. The molecule has 1 aromatic carbocycles. The molecule has 3 rings (SSSR count). The molecular formula is C15H13ClIN3. The van der Waals surface area contributed by atoms with E-state index in [9.17, 15) is 0 Å². The quantitative estimate of drug-likeness (QED) is 0.491. The van der Waals surface area contributed by atoms with Gasteiger partial charge in [0.1, 0.15) is 5.82 Å². The van der Waals surface area contributed by atoms with E-state index < -0.39 is 0 Å². The Morgan fingerprint density at radius 2 is 2.15 bits per heavy atom. The van der Waals surface area contributed by atoms with Gasteiger partial charge in [-0.15, -0.1) is 11.6 Å². The number of aryl methyl sites for hydroxylation is 1. The molecule has 3 nitrogen and oxygen atoms in total. The first-order valence-corrected chi connectivity index (χ1v) is 7.90. The van der Waals surface area contributed by atoms with Crippen LogP contribution >= 0.6 is 34.2 Å². The van der Waals surface area contributed by atoms with E-state index in [2.05, 4.69) is 62.2 Å². The summed E-state index contributed by atoms with van der Waals surface area (Å²) in [7, 11) is 0. The SMILES string of the molecule is Cc1ccncc1Cn1c(CCl)nc2cc(I)ccc21. The van der Waals surface area contributed by atoms with Crippen molar-refractivity contribution in [2.24, 2.45) is 0 Å². The molecule has 0 saturated carbocycles. The van der Waals surface area contributed by atoms with Gasteiger partial charge in [-0.25, -0.2) is 4.98 Å². The van der Waals surface area contributed by atoms with Crippen LogP contribution in [-0.2, 0) is 12.4 Å². The molecule has 0 spiro atoms. The van der Waals surface area contributed by atoms with Gasteiger partial charge in [0.05, 0.1) is 23.5 Å². The van der Waals surface area contributed by atoms with Gasteiger partial charge < -0.3 is 4.57 Å². The average molecular weight is 398 g/mol. The minimum atomic E-state index is 0.407. The van der Waals surface area contributed by atoms with Gasteiger partial charge in [0.2, 0.25) is 0 Å². The summed E-state index contributed by atoms with van der Waals surface area (Å²) in [6.07, 6.45) is 3.72. The number of hydrogen-bond donors (Lipinski definition) is 0. The fourth-order valence-corrected chi connectivity index (χ4v) is 2.94. The molecule has 0 saturated heterocycles. The number of halogens is 2. The summed E-state index contributed by atoms with van der Waals surface area (Å²) in [5.41, 5.74) is 4.53. The molecule has 0 aliphatic carbocycles. The predicted octanol–water partition coefficient (Wildman–Crippen LogP) is 4.13. The third-order valence-electron chi connectivity index (χ3n) is 3.38. The molecule has 0 unspecified atom stereocenters. The molecular weight excluding hydrogens is 385 g/mol. The van der Waals surface area contributed by atoms with Gasteiger partial charge >= 0.3 is 0 Å². The normalized spacial score (nSPS) is 11.2. The maximum absolute atomic E-state index is 6.05. The van der Waals surface area contributed by atoms with Crippen molar-refractivity contribution in [3.05, 3.63) is 57.2 Å². The minimum absolute atomic E-state index is 0.407. The van der Waals surface area contributed by atoms with Crippen LogP contribution in [0.4, 0.5) is 0 Å². The Morgan fingerprint density at radius 1 is 1.30 bits per heavy atom. The zero-order chi connectivity index (χ0) is 14.1. The average Bonchev–Trinajstić information content (AvgIpc) is 2.78. The Hall–Kier alpha value is -1.14. The number of aromatic nitrogens is 3. The van der Waals surface area contributed by atoms with Crippen LogP contribution in [0.2, 0.25) is 0 Å². The number of benzene rings is 1. The second-order valence-corrected chi connectivity index (χ2v) is 6.20. The molecule has 0 aliphatic heterocycles. The molecule has 0 radical (unpaired) electrons. The van der Waals surface area contributed by atoms with E-state index in [0.717, 1.165) is 23.4 Å². The van der Waals surface area contributed by atoms with Crippen molar-refractivity contribution in [1.82, 2.24) is 14.5 Å². The highest BCUT2D eigenvalue weighted by molar-refractivity contribution is 14.1. The summed E-state index contributed by atoms with van der Waals surface area (Å²) in [6.45, 7) is 2.85. The van der Waals surface area contributed by atoms with Gasteiger partial charge in [-0.1, -0.05) is 0 Å². The van der Waals surface area contributed by atoms with Crippen LogP contribution in [0.25, 0.3) is 11.0 Å². The van der Waals surface area contributed by atoms with Crippen molar-refractivity contribution in [3.63, 3.8) is 0 Å². The van der Waals surface area contributed by atoms with Crippen LogP contribution < -0.4 is 0 Å². The van der Waals surface area contributed by atoms with E-state index in [1.165, 1.54) is 14.7 Å². The highest BCUT2D eigenvalue weighted by Crippen LogP contribution is 2.22. The molecule has 102 valence electrons. The zero-order valence-corrected chi connectivity index (χ0v) is 13.9. The maximum Gasteiger partial charge on any atom is 0.125 e. The van der Waals surface area contributed by atoms with Crippen LogP contribution in [-0.4, -0.2) is 14.5 Å². The Morgan fingerprint density at radius 3 is 2.90 bits per heavy atom. The molecule has 2 heterocycles. The molecule has 0 atom stereocenters. The van der Waals surface area contributed by atoms with Crippen LogP contribution in [0.5, 0.6) is 0 Å². The Kier molecular flexibility index (Phi) is 3.94. The number of pyridine rings is 1. The van der Waals surface area contributed by atoms with Crippen molar-refractivity contribution >= 4 is 45.2 Å². The van der Waals surface area contributed by atoms with Gasteiger partial charge in [0.25, 0.3) is 0 Å². The molecule has 0 N–H and O–H groups in total. The fraction of sp³-hybridized carbons (Fsp3) is 0.200. The van der Waals surface area contributed by atoms with E-state index in [4.69, 9.17) is 11.6 Å². The Bertz CT molecular complexity index is 767. The highest BCUT2D eigenvalue weighted by Gasteiger charge is 2.11. The van der Waals surface area contributed by atoms with Gasteiger partial charge in [-0.3, -0.25) is 4.98 Å². The Labute approximate surface area is 136 Å². The summed E-state index contributed by atoms with van der Waals surface area (Å²) in [5.74, 6) is 1.30. The lowest BCUT2D eigenvalue weighted by atomic mass is 10.1. The number of imidazole rings is 1. The third kappa shape index (κ3) is 2.54. The number of rotatable bonds is 3. The summed E-state index contributed by atoms with van der Waals surface area (Å²) in [6, 6.07) is 8.30. The van der Waals surface area contributed by atoms with Crippen molar-refractivity contribution in [2.75, 3.05) is 0 Å². The van der Waals surface area contributed by atoms with Crippen molar-refractivity contribution in [2.45, 2.75) is 19.3 Å². The number of hydrogen-bond acceptors (Lipinski definition) is 2. The highest BCUT2D eigenvalue weighted by atomic mass is 127. The van der Waals surface area contributed by atoms with E-state index in [0.29, 0.717) is 5.88 Å². The first-order chi connectivity index (χ1) is 9.69. The first kappa shape index (κ1) is 13.8. The van der Waals surface area contributed by atoms with E-state index in [-0.39, 0.29) is 0 Å². The van der Waals surface area contributed by atoms with Crippen molar-refractivity contribution in [1.29, 1.82) is 0 Å². The number of fused-ring (bicyclic) bond motifs is 1. The minimum Gasteiger partial charge on any atom is -0.322 e. The molecule has 0 amide bonds. The lowest BCUT2D eigenvalue weighted by molar-refractivity contribution is 0.771. The van der Waals surface area contributed by atoms with Crippen LogP contribution in [0, 0.1) is 10.5 Å². The van der Waals surface area contributed by atoms with E-state index >= 15 is 0 Å². The monoisotopic (exact) mass is 397 g/mol. The van der Waals surface area contributed by atoms with Gasteiger partial charge in [0, 0.05) is 16.0 Å². The van der Waals surface area contributed by atoms with Gasteiger partial charge in [0.15, 0.2) is 0 Å². The molecule has 5 heteroatoms. The van der Waals surface area contributed by atoms with Crippen molar-refractivity contribution in [3.8, 4) is 0 Å². The van der Waals surface area contributed by atoms with Crippen LogP contribution in [0.3, 0.4) is 0 Å². The smallest absolute Gasteiger partial charge is 0.125 e. The fourth-order valence-electron chi connectivity index (χ4n) is 2.26. The summed E-state index contributed by atoms with van der Waals surface area (Å²) >= 11 is 8.35. The summed E-state index contributed by atoms with van der Waals surface area (Å²) in [5, 5.41) is 0. The van der Waals surface area contributed by atoms with E-state index in [1.807, 2.05) is 18.5 Å². The lowest BCUT2D eigenvalue weighted by Gasteiger charge is -2.09. The summed E-state index contributed by atoms with van der Waals surface area (Å²) < 4.78 is 3.35. The zero-order valence-electron chi connectivity index (χ0n) is 11.0. The second-order valence-electron chi connectivity index (χ2n) is 4.68. The largest absolute Gasteiger partial charge is 0.322 e.